The third-order valence-corrected chi connectivity index (χ3v) is 4.65. The van der Waals surface area contributed by atoms with Crippen molar-refractivity contribution in [2.75, 3.05) is 5.32 Å². The zero-order chi connectivity index (χ0) is 12.5. The molecule has 0 radical (unpaired) electrons. The summed E-state index contributed by atoms with van der Waals surface area (Å²) in [5, 5.41) is 8.77. The van der Waals surface area contributed by atoms with E-state index in [0.717, 1.165) is 16.0 Å². The van der Waals surface area contributed by atoms with E-state index in [0.29, 0.717) is 0 Å². The number of anilines is 1. The molecule has 0 bridgehead atoms. The standard InChI is InChI=1S/C12H10ClN3S2/c1-7(9-3-2-5-17-9)14-10-8-4-6-18-11(8)16-12(13)15-10/h2-7H,1H3,(H,14,15,16). The first kappa shape index (κ1) is 11.9. The molecule has 0 aliphatic carbocycles. The summed E-state index contributed by atoms with van der Waals surface area (Å²) in [5.74, 6) is 0.798. The average molecular weight is 296 g/mol. The van der Waals surface area contributed by atoms with Gasteiger partial charge in [-0.3, -0.25) is 0 Å². The molecule has 0 aliphatic rings. The van der Waals surface area contributed by atoms with Crippen molar-refractivity contribution in [3.05, 3.63) is 39.1 Å². The molecule has 0 aliphatic heterocycles. The first-order valence-corrected chi connectivity index (χ1v) is 7.58. The van der Waals surface area contributed by atoms with Crippen LogP contribution < -0.4 is 5.32 Å². The summed E-state index contributed by atoms with van der Waals surface area (Å²) in [6, 6.07) is 6.38. The van der Waals surface area contributed by atoms with Crippen molar-refractivity contribution >= 4 is 50.3 Å². The molecule has 0 saturated heterocycles. The van der Waals surface area contributed by atoms with E-state index in [-0.39, 0.29) is 11.3 Å². The van der Waals surface area contributed by atoms with Crippen LogP contribution >= 0.6 is 34.3 Å². The van der Waals surface area contributed by atoms with Gasteiger partial charge in [-0.25, -0.2) is 9.97 Å². The van der Waals surface area contributed by atoms with Gasteiger partial charge in [-0.05, 0) is 41.4 Å². The zero-order valence-electron chi connectivity index (χ0n) is 9.55. The Bertz CT molecular complexity index is 663. The van der Waals surface area contributed by atoms with Crippen LogP contribution in [0.25, 0.3) is 10.2 Å². The van der Waals surface area contributed by atoms with E-state index >= 15 is 0 Å². The number of fused-ring (bicyclic) bond motifs is 1. The third kappa shape index (κ3) is 2.21. The minimum Gasteiger partial charge on any atom is -0.362 e. The molecule has 3 rings (SSSR count). The number of nitrogens with zero attached hydrogens (tertiary/aromatic N) is 2. The van der Waals surface area contributed by atoms with E-state index in [1.54, 1.807) is 22.7 Å². The van der Waals surface area contributed by atoms with Crippen LogP contribution in [-0.4, -0.2) is 9.97 Å². The highest BCUT2D eigenvalue weighted by Gasteiger charge is 2.12. The molecule has 3 nitrogen and oxygen atoms in total. The van der Waals surface area contributed by atoms with Gasteiger partial charge >= 0.3 is 0 Å². The topological polar surface area (TPSA) is 37.8 Å². The molecular formula is C12H10ClN3S2. The van der Waals surface area contributed by atoms with E-state index in [9.17, 15) is 0 Å². The summed E-state index contributed by atoms with van der Waals surface area (Å²) < 4.78 is 0. The molecule has 0 spiro atoms. The molecule has 1 N–H and O–H groups in total. The number of aromatic nitrogens is 2. The lowest BCUT2D eigenvalue weighted by molar-refractivity contribution is 0.898. The van der Waals surface area contributed by atoms with Crippen molar-refractivity contribution in [3.63, 3.8) is 0 Å². The highest BCUT2D eigenvalue weighted by Crippen LogP contribution is 2.29. The average Bonchev–Trinajstić information content (AvgIpc) is 2.98. The summed E-state index contributed by atoms with van der Waals surface area (Å²) in [6.45, 7) is 2.11. The van der Waals surface area contributed by atoms with Gasteiger partial charge in [0.25, 0.3) is 0 Å². The van der Waals surface area contributed by atoms with Gasteiger partial charge in [-0.1, -0.05) is 6.07 Å². The van der Waals surface area contributed by atoms with Crippen LogP contribution in [0.15, 0.2) is 29.0 Å². The van der Waals surface area contributed by atoms with Crippen molar-refractivity contribution in [1.29, 1.82) is 0 Å². The van der Waals surface area contributed by atoms with Gasteiger partial charge in [0.1, 0.15) is 10.6 Å². The van der Waals surface area contributed by atoms with E-state index in [1.807, 2.05) is 17.5 Å². The summed E-state index contributed by atoms with van der Waals surface area (Å²) in [6.07, 6.45) is 0. The highest BCUT2D eigenvalue weighted by molar-refractivity contribution is 7.16. The van der Waals surface area contributed by atoms with Crippen LogP contribution in [-0.2, 0) is 0 Å². The molecule has 92 valence electrons. The Labute approximate surface area is 117 Å². The van der Waals surface area contributed by atoms with Crippen LogP contribution in [0.4, 0.5) is 5.82 Å². The zero-order valence-corrected chi connectivity index (χ0v) is 11.9. The SMILES string of the molecule is CC(Nc1nc(Cl)nc2sccc12)c1cccs1. The maximum atomic E-state index is 5.94. The van der Waals surface area contributed by atoms with E-state index in [4.69, 9.17) is 11.6 Å². The Morgan fingerprint density at radius 1 is 1.22 bits per heavy atom. The minimum atomic E-state index is 0.207. The molecule has 0 amide bonds. The lowest BCUT2D eigenvalue weighted by Crippen LogP contribution is -2.07. The smallest absolute Gasteiger partial charge is 0.225 e. The summed E-state index contributed by atoms with van der Waals surface area (Å²) in [5.41, 5.74) is 0. The van der Waals surface area contributed by atoms with Crippen LogP contribution in [0.5, 0.6) is 0 Å². The van der Waals surface area contributed by atoms with E-state index in [1.165, 1.54) is 4.88 Å². The summed E-state index contributed by atoms with van der Waals surface area (Å²) in [4.78, 5) is 10.7. The third-order valence-electron chi connectivity index (χ3n) is 2.62. The first-order valence-electron chi connectivity index (χ1n) is 5.45. The predicted octanol–water partition coefficient (Wildman–Crippen LogP) is 4.58. The quantitative estimate of drug-likeness (QED) is 0.719. The summed E-state index contributed by atoms with van der Waals surface area (Å²) >= 11 is 9.23. The number of rotatable bonds is 3. The number of hydrogen-bond acceptors (Lipinski definition) is 5. The number of nitrogens with one attached hydrogen (secondary N) is 1. The van der Waals surface area contributed by atoms with E-state index in [2.05, 4.69) is 33.7 Å². The van der Waals surface area contributed by atoms with Crippen LogP contribution in [0.3, 0.4) is 0 Å². The second-order valence-corrected chi connectivity index (χ2v) is 6.07. The maximum absolute atomic E-state index is 5.94. The van der Waals surface area contributed by atoms with Crippen LogP contribution in [0, 0.1) is 0 Å². The van der Waals surface area contributed by atoms with Gasteiger partial charge in [0, 0.05) is 4.88 Å². The van der Waals surface area contributed by atoms with Gasteiger partial charge < -0.3 is 5.32 Å². The Kier molecular flexibility index (Phi) is 3.20. The molecule has 1 unspecified atom stereocenters. The van der Waals surface area contributed by atoms with Crippen molar-refractivity contribution in [2.24, 2.45) is 0 Å². The molecule has 18 heavy (non-hydrogen) atoms. The fourth-order valence-corrected chi connectivity index (χ4v) is 3.47. The van der Waals surface area contributed by atoms with Gasteiger partial charge in [0.2, 0.25) is 5.28 Å². The number of halogens is 1. The molecule has 0 fully saturated rings. The Balaban J connectivity index is 1.97. The normalized spacial score (nSPS) is 12.8. The number of thiophene rings is 2. The Morgan fingerprint density at radius 2 is 2.11 bits per heavy atom. The van der Waals surface area contributed by atoms with E-state index < -0.39 is 0 Å². The lowest BCUT2D eigenvalue weighted by atomic mass is 10.2. The maximum Gasteiger partial charge on any atom is 0.225 e. The first-order chi connectivity index (χ1) is 8.74. The van der Waals surface area contributed by atoms with Crippen molar-refractivity contribution in [2.45, 2.75) is 13.0 Å². The van der Waals surface area contributed by atoms with Crippen molar-refractivity contribution in [1.82, 2.24) is 9.97 Å². The molecule has 1 atom stereocenters. The summed E-state index contributed by atoms with van der Waals surface area (Å²) in [7, 11) is 0. The lowest BCUT2D eigenvalue weighted by Gasteiger charge is -2.13. The molecular weight excluding hydrogens is 286 g/mol. The van der Waals surface area contributed by atoms with Crippen LogP contribution in [0.2, 0.25) is 5.28 Å². The molecule has 3 aromatic heterocycles. The van der Waals surface area contributed by atoms with Gasteiger partial charge in [0.05, 0.1) is 11.4 Å². The Morgan fingerprint density at radius 3 is 2.89 bits per heavy atom. The van der Waals surface area contributed by atoms with Gasteiger partial charge in [0.15, 0.2) is 0 Å². The monoisotopic (exact) mass is 295 g/mol. The number of hydrogen-bond donors (Lipinski definition) is 1. The molecule has 3 aromatic rings. The predicted molar refractivity (Wildman–Crippen MR) is 78.8 cm³/mol. The fourth-order valence-electron chi connectivity index (χ4n) is 1.75. The highest BCUT2D eigenvalue weighted by atomic mass is 35.5. The minimum absolute atomic E-state index is 0.207. The second kappa shape index (κ2) is 4.84. The Hall–Kier alpha value is -1.17. The molecule has 3 heterocycles. The second-order valence-electron chi connectivity index (χ2n) is 3.86. The fraction of sp³-hybridized carbons (Fsp3) is 0.167. The van der Waals surface area contributed by atoms with Gasteiger partial charge in [-0.2, -0.15) is 0 Å². The van der Waals surface area contributed by atoms with Crippen LogP contribution in [0.1, 0.15) is 17.8 Å². The van der Waals surface area contributed by atoms with Gasteiger partial charge in [-0.15, -0.1) is 22.7 Å². The van der Waals surface area contributed by atoms with Crippen molar-refractivity contribution in [3.8, 4) is 0 Å². The van der Waals surface area contributed by atoms with Crippen molar-refractivity contribution < 1.29 is 0 Å². The molecule has 0 aromatic carbocycles. The molecule has 0 saturated carbocycles. The molecule has 6 heteroatoms. The largest absolute Gasteiger partial charge is 0.362 e.